The molecule has 8 heteroatoms. The maximum atomic E-state index is 13.0. The van der Waals surface area contributed by atoms with Crippen LogP contribution in [0.25, 0.3) is 11.0 Å². The van der Waals surface area contributed by atoms with E-state index in [1.54, 1.807) is 12.1 Å². The van der Waals surface area contributed by atoms with E-state index in [9.17, 15) is 8.42 Å². The van der Waals surface area contributed by atoms with Crippen LogP contribution in [0.1, 0.15) is 11.7 Å². The fraction of sp³-hybridized carbons (Fsp3) is 0.278. The highest BCUT2D eigenvalue weighted by molar-refractivity contribution is 7.89. The number of aromatic amines is 1. The second kappa shape index (κ2) is 6.30. The zero-order valence-corrected chi connectivity index (χ0v) is 15.3. The maximum Gasteiger partial charge on any atom is 0.246 e. The van der Waals surface area contributed by atoms with E-state index >= 15 is 0 Å². The van der Waals surface area contributed by atoms with Crippen LogP contribution >= 0.6 is 0 Å². The Kier molecular flexibility index (Phi) is 4.08. The normalized spacial score (nSPS) is 15.8. The molecular formula is C18H19N3O4S. The number of nitrogens with one attached hydrogen (secondary N) is 1. The molecule has 3 aromatic rings. The molecule has 4 rings (SSSR count). The minimum absolute atomic E-state index is 0.0498. The number of para-hydroxylation sites is 2. The summed E-state index contributed by atoms with van der Waals surface area (Å²) < 4.78 is 37.7. The minimum atomic E-state index is -3.66. The Morgan fingerprint density at radius 1 is 1.12 bits per heavy atom. The summed E-state index contributed by atoms with van der Waals surface area (Å²) >= 11 is 0. The molecular weight excluding hydrogens is 354 g/mol. The molecule has 0 spiro atoms. The number of fused-ring (bicyclic) bond motifs is 1. The summed E-state index contributed by atoms with van der Waals surface area (Å²) in [5.41, 5.74) is 1.84. The van der Waals surface area contributed by atoms with Crippen LogP contribution in [0.3, 0.4) is 0 Å². The Hall–Kier alpha value is -2.58. The predicted molar refractivity (Wildman–Crippen MR) is 97.1 cm³/mol. The second-order valence-corrected chi connectivity index (χ2v) is 8.08. The number of benzene rings is 2. The fourth-order valence-electron chi connectivity index (χ4n) is 3.10. The minimum Gasteiger partial charge on any atom is -0.497 e. The van der Waals surface area contributed by atoms with Gasteiger partial charge in [0.05, 0.1) is 25.3 Å². The SMILES string of the molecule is COc1ccc(OC)c(S(=O)(=O)N2CC(c3nc4ccccc4[nH]3)C2)c1. The van der Waals surface area contributed by atoms with Crippen molar-refractivity contribution in [2.75, 3.05) is 27.3 Å². The van der Waals surface area contributed by atoms with E-state index in [-0.39, 0.29) is 10.8 Å². The summed E-state index contributed by atoms with van der Waals surface area (Å²) in [6.45, 7) is 0.755. The van der Waals surface area contributed by atoms with Gasteiger partial charge in [-0.15, -0.1) is 0 Å². The number of sulfonamides is 1. The molecule has 1 saturated heterocycles. The topological polar surface area (TPSA) is 84.5 Å². The van der Waals surface area contributed by atoms with Crippen molar-refractivity contribution in [3.63, 3.8) is 0 Å². The Labute approximate surface area is 151 Å². The molecule has 0 unspecified atom stereocenters. The summed E-state index contributed by atoms with van der Waals surface area (Å²) in [5, 5.41) is 0. The molecule has 2 heterocycles. The number of nitrogens with zero attached hydrogens (tertiary/aromatic N) is 2. The number of rotatable bonds is 5. The summed E-state index contributed by atoms with van der Waals surface area (Å²) in [6.07, 6.45) is 0. The largest absolute Gasteiger partial charge is 0.497 e. The molecule has 136 valence electrons. The van der Waals surface area contributed by atoms with Crippen molar-refractivity contribution in [1.29, 1.82) is 0 Å². The van der Waals surface area contributed by atoms with Gasteiger partial charge in [0.15, 0.2) is 0 Å². The number of hydrogen-bond acceptors (Lipinski definition) is 5. The summed E-state index contributed by atoms with van der Waals surface area (Å²) in [4.78, 5) is 7.95. The highest BCUT2D eigenvalue weighted by Gasteiger charge is 2.40. The number of aromatic nitrogens is 2. The number of H-pyrrole nitrogens is 1. The van der Waals surface area contributed by atoms with Gasteiger partial charge in [-0.2, -0.15) is 4.31 Å². The van der Waals surface area contributed by atoms with Crippen LogP contribution < -0.4 is 9.47 Å². The maximum absolute atomic E-state index is 13.0. The average molecular weight is 373 g/mol. The van der Waals surface area contributed by atoms with Crippen LogP contribution in [0.15, 0.2) is 47.4 Å². The summed E-state index contributed by atoms with van der Waals surface area (Å²) in [7, 11) is -0.710. The molecule has 0 bridgehead atoms. The Morgan fingerprint density at radius 3 is 2.58 bits per heavy atom. The lowest BCUT2D eigenvalue weighted by molar-refractivity contribution is 0.256. The third-order valence-corrected chi connectivity index (χ3v) is 6.48. The van der Waals surface area contributed by atoms with E-state index in [0.29, 0.717) is 24.6 Å². The van der Waals surface area contributed by atoms with Gasteiger partial charge in [-0.3, -0.25) is 0 Å². The van der Waals surface area contributed by atoms with Crippen LogP contribution in [0.2, 0.25) is 0 Å². The lowest BCUT2D eigenvalue weighted by Gasteiger charge is -2.37. The van der Waals surface area contributed by atoms with E-state index in [1.807, 2.05) is 24.3 Å². The van der Waals surface area contributed by atoms with Gasteiger partial charge in [0.25, 0.3) is 0 Å². The van der Waals surface area contributed by atoms with E-state index < -0.39 is 10.0 Å². The molecule has 26 heavy (non-hydrogen) atoms. The Morgan fingerprint density at radius 2 is 1.88 bits per heavy atom. The third-order valence-electron chi connectivity index (χ3n) is 4.63. The zero-order valence-electron chi connectivity index (χ0n) is 14.5. The number of hydrogen-bond donors (Lipinski definition) is 1. The van der Waals surface area contributed by atoms with Crippen LogP contribution in [0, 0.1) is 0 Å². The first-order valence-electron chi connectivity index (χ1n) is 8.20. The third kappa shape index (κ3) is 2.71. The van der Waals surface area contributed by atoms with E-state index in [0.717, 1.165) is 16.9 Å². The smallest absolute Gasteiger partial charge is 0.246 e. The standard InChI is InChI=1S/C18H19N3O4S/c1-24-13-7-8-16(25-2)17(9-13)26(22,23)21-10-12(11-21)18-19-14-5-3-4-6-15(14)20-18/h3-9,12H,10-11H2,1-2H3,(H,19,20). The number of methoxy groups -OCH3 is 2. The average Bonchev–Trinajstić information content (AvgIpc) is 3.03. The molecule has 0 aliphatic carbocycles. The van der Waals surface area contributed by atoms with Gasteiger partial charge in [-0.1, -0.05) is 12.1 Å². The molecule has 0 atom stereocenters. The Balaban J connectivity index is 1.58. The summed E-state index contributed by atoms with van der Waals surface area (Å²) in [6, 6.07) is 12.5. The van der Waals surface area contributed by atoms with Crippen LogP contribution in [-0.4, -0.2) is 50.0 Å². The lowest BCUT2D eigenvalue weighted by Crippen LogP contribution is -2.48. The monoisotopic (exact) mass is 373 g/mol. The van der Waals surface area contributed by atoms with E-state index in [2.05, 4.69) is 9.97 Å². The van der Waals surface area contributed by atoms with Crippen molar-refractivity contribution in [2.45, 2.75) is 10.8 Å². The second-order valence-electron chi connectivity index (χ2n) is 6.17. The Bertz CT molecular complexity index is 1020. The molecule has 0 radical (unpaired) electrons. The van der Waals surface area contributed by atoms with Gasteiger partial charge in [0, 0.05) is 25.1 Å². The van der Waals surface area contributed by atoms with Gasteiger partial charge >= 0.3 is 0 Å². The predicted octanol–water partition coefficient (Wildman–Crippen LogP) is 2.37. The molecule has 0 saturated carbocycles. The van der Waals surface area contributed by atoms with Crippen molar-refractivity contribution < 1.29 is 17.9 Å². The number of imidazole rings is 1. The van der Waals surface area contributed by atoms with Crippen molar-refractivity contribution in [2.24, 2.45) is 0 Å². The van der Waals surface area contributed by atoms with Gasteiger partial charge in [0.2, 0.25) is 10.0 Å². The fourth-order valence-corrected chi connectivity index (χ4v) is 4.80. The van der Waals surface area contributed by atoms with Crippen LogP contribution in [0.4, 0.5) is 0 Å². The summed E-state index contributed by atoms with van der Waals surface area (Å²) in [5.74, 6) is 1.64. The zero-order chi connectivity index (χ0) is 18.3. The highest BCUT2D eigenvalue weighted by atomic mass is 32.2. The first-order chi connectivity index (χ1) is 12.5. The van der Waals surface area contributed by atoms with E-state index in [1.165, 1.54) is 24.6 Å². The molecule has 1 aliphatic heterocycles. The van der Waals surface area contributed by atoms with Crippen molar-refractivity contribution in [3.8, 4) is 11.5 Å². The van der Waals surface area contributed by atoms with Crippen LogP contribution in [0.5, 0.6) is 11.5 Å². The van der Waals surface area contributed by atoms with Crippen molar-refractivity contribution in [1.82, 2.24) is 14.3 Å². The van der Waals surface area contributed by atoms with Gasteiger partial charge in [-0.25, -0.2) is 13.4 Å². The van der Waals surface area contributed by atoms with Crippen LogP contribution in [-0.2, 0) is 10.0 Å². The first kappa shape index (κ1) is 16.9. The molecule has 0 amide bonds. The first-order valence-corrected chi connectivity index (χ1v) is 9.64. The molecule has 1 aromatic heterocycles. The van der Waals surface area contributed by atoms with Gasteiger partial charge < -0.3 is 14.5 Å². The number of ether oxygens (including phenoxy) is 2. The van der Waals surface area contributed by atoms with Gasteiger partial charge in [-0.05, 0) is 24.3 Å². The highest BCUT2D eigenvalue weighted by Crippen LogP contribution is 2.36. The van der Waals surface area contributed by atoms with Gasteiger partial charge in [0.1, 0.15) is 22.2 Å². The van der Waals surface area contributed by atoms with E-state index in [4.69, 9.17) is 9.47 Å². The molecule has 7 nitrogen and oxygen atoms in total. The lowest BCUT2D eigenvalue weighted by atomic mass is 10.0. The molecule has 1 N–H and O–H groups in total. The van der Waals surface area contributed by atoms with Crippen molar-refractivity contribution in [3.05, 3.63) is 48.3 Å². The molecule has 2 aromatic carbocycles. The van der Waals surface area contributed by atoms with Crippen molar-refractivity contribution >= 4 is 21.1 Å². The molecule has 1 fully saturated rings. The quantitative estimate of drug-likeness (QED) is 0.742. The molecule has 1 aliphatic rings.